The fourth-order valence-corrected chi connectivity index (χ4v) is 4.92. The lowest BCUT2D eigenvalue weighted by Crippen LogP contribution is -2.41. The number of thiophene rings is 1. The van der Waals surface area contributed by atoms with Gasteiger partial charge < -0.3 is 10.6 Å². The summed E-state index contributed by atoms with van der Waals surface area (Å²) in [6, 6.07) is 3.64. The molecule has 0 bridgehead atoms. The van der Waals surface area contributed by atoms with E-state index in [0.29, 0.717) is 0 Å². The Morgan fingerprint density at radius 2 is 2.28 bits per heavy atom. The van der Waals surface area contributed by atoms with Gasteiger partial charge in [-0.15, -0.1) is 11.3 Å². The summed E-state index contributed by atoms with van der Waals surface area (Å²) >= 11 is 5.46. The van der Waals surface area contributed by atoms with Crippen LogP contribution in [0, 0.1) is 5.92 Å². The molecule has 1 aromatic rings. The average Bonchev–Trinajstić information content (AvgIpc) is 3.07. The molecule has 3 atom stereocenters. The summed E-state index contributed by atoms with van der Waals surface area (Å²) in [4.78, 5) is 1.43. The van der Waals surface area contributed by atoms with Crippen molar-refractivity contribution in [2.75, 3.05) is 6.54 Å². The van der Waals surface area contributed by atoms with Crippen molar-refractivity contribution in [2.45, 2.75) is 50.7 Å². The van der Waals surface area contributed by atoms with Crippen molar-refractivity contribution >= 4 is 27.3 Å². The smallest absolute Gasteiger partial charge is 0.0327 e. The highest BCUT2D eigenvalue weighted by Crippen LogP contribution is 2.32. The summed E-state index contributed by atoms with van der Waals surface area (Å²) < 4.78 is 1.26. The zero-order valence-electron chi connectivity index (χ0n) is 10.6. The minimum Gasteiger partial charge on any atom is -0.314 e. The third-order valence-electron chi connectivity index (χ3n) is 4.40. The number of hydrogen-bond donors (Lipinski definition) is 2. The highest BCUT2D eigenvalue weighted by molar-refractivity contribution is 9.10. The summed E-state index contributed by atoms with van der Waals surface area (Å²) in [6.45, 7) is 2.25. The van der Waals surface area contributed by atoms with E-state index < -0.39 is 0 Å². The van der Waals surface area contributed by atoms with Gasteiger partial charge in [-0.1, -0.05) is 6.42 Å². The van der Waals surface area contributed by atoms with Gasteiger partial charge in [-0.2, -0.15) is 0 Å². The molecule has 0 amide bonds. The van der Waals surface area contributed by atoms with Crippen LogP contribution in [0.5, 0.6) is 0 Å². The summed E-state index contributed by atoms with van der Waals surface area (Å²) in [6.07, 6.45) is 6.90. The van der Waals surface area contributed by atoms with Gasteiger partial charge in [0, 0.05) is 28.0 Å². The maximum Gasteiger partial charge on any atom is 0.0327 e. The van der Waals surface area contributed by atoms with E-state index in [0.717, 1.165) is 24.5 Å². The minimum atomic E-state index is 0.717. The van der Waals surface area contributed by atoms with E-state index in [1.807, 2.05) is 11.3 Å². The molecule has 2 fully saturated rings. The van der Waals surface area contributed by atoms with E-state index in [1.54, 1.807) is 0 Å². The Balaban J connectivity index is 1.56. The van der Waals surface area contributed by atoms with Gasteiger partial charge in [0.25, 0.3) is 0 Å². The molecule has 2 heterocycles. The Hall–Kier alpha value is 0.1000. The second-order valence-corrected chi connectivity index (χ2v) is 7.33. The molecule has 2 N–H and O–H groups in total. The first kappa shape index (κ1) is 13.1. The second-order valence-electron chi connectivity index (χ2n) is 5.48. The van der Waals surface area contributed by atoms with Crippen molar-refractivity contribution in [3.05, 3.63) is 20.8 Å². The standard InChI is InChI=1S/C14H21BrN2S/c15-11-6-8-18-14(11)9-17-13-4-1-3-10(13)12-5-2-7-16-12/h6,8,10,12-13,16-17H,1-5,7,9H2. The SMILES string of the molecule is Brc1ccsc1CNC1CCCC1C1CCCN1. The fraction of sp³-hybridized carbons (Fsp3) is 0.714. The Bertz CT molecular complexity index is 387. The van der Waals surface area contributed by atoms with Crippen molar-refractivity contribution in [3.8, 4) is 0 Å². The maximum absolute atomic E-state index is 3.79. The molecular weight excluding hydrogens is 308 g/mol. The number of nitrogens with one attached hydrogen (secondary N) is 2. The van der Waals surface area contributed by atoms with Crippen LogP contribution in [0.3, 0.4) is 0 Å². The van der Waals surface area contributed by atoms with Crippen LogP contribution in [0.1, 0.15) is 37.0 Å². The first-order valence-electron chi connectivity index (χ1n) is 7.03. The predicted octanol–water partition coefficient (Wildman–Crippen LogP) is 3.52. The monoisotopic (exact) mass is 328 g/mol. The maximum atomic E-state index is 3.79. The molecule has 2 nitrogen and oxygen atoms in total. The van der Waals surface area contributed by atoms with E-state index in [9.17, 15) is 0 Å². The zero-order valence-corrected chi connectivity index (χ0v) is 13.0. The molecular formula is C14H21BrN2S. The van der Waals surface area contributed by atoms with E-state index in [2.05, 4.69) is 38.0 Å². The Morgan fingerprint density at radius 3 is 3.00 bits per heavy atom. The third kappa shape index (κ3) is 2.82. The van der Waals surface area contributed by atoms with Crippen molar-refractivity contribution in [1.29, 1.82) is 0 Å². The van der Waals surface area contributed by atoms with Crippen molar-refractivity contribution < 1.29 is 0 Å². The van der Waals surface area contributed by atoms with Gasteiger partial charge in [-0.05, 0) is 65.5 Å². The average molecular weight is 329 g/mol. The summed E-state index contributed by atoms with van der Waals surface area (Å²) in [5.74, 6) is 0.853. The Morgan fingerprint density at radius 1 is 1.33 bits per heavy atom. The molecule has 3 unspecified atom stereocenters. The highest BCUT2D eigenvalue weighted by atomic mass is 79.9. The summed E-state index contributed by atoms with van der Waals surface area (Å²) in [5, 5.41) is 9.64. The van der Waals surface area contributed by atoms with Crippen LogP contribution in [0.25, 0.3) is 0 Å². The molecule has 3 rings (SSSR count). The van der Waals surface area contributed by atoms with Gasteiger partial charge in [0.15, 0.2) is 0 Å². The Kier molecular flexibility index (Phi) is 4.39. The summed E-state index contributed by atoms with van der Waals surface area (Å²) in [5.41, 5.74) is 0. The van der Waals surface area contributed by atoms with E-state index in [-0.39, 0.29) is 0 Å². The minimum absolute atomic E-state index is 0.717. The van der Waals surface area contributed by atoms with Crippen LogP contribution in [0.15, 0.2) is 15.9 Å². The first-order chi connectivity index (χ1) is 8.84. The van der Waals surface area contributed by atoms with Crippen LogP contribution in [0.4, 0.5) is 0 Å². The van der Waals surface area contributed by atoms with Gasteiger partial charge in [-0.25, -0.2) is 0 Å². The van der Waals surface area contributed by atoms with Crippen LogP contribution in [-0.4, -0.2) is 18.6 Å². The lowest BCUT2D eigenvalue weighted by Gasteiger charge is -2.26. The fourth-order valence-electron chi connectivity index (χ4n) is 3.48. The molecule has 2 aliphatic rings. The second kappa shape index (κ2) is 6.04. The molecule has 100 valence electrons. The largest absolute Gasteiger partial charge is 0.314 e. The predicted molar refractivity (Wildman–Crippen MR) is 81.0 cm³/mol. The molecule has 0 radical (unpaired) electrons. The van der Waals surface area contributed by atoms with Crippen LogP contribution < -0.4 is 10.6 Å². The Labute approximate surface area is 122 Å². The molecule has 1 saturated carbocycles. The quantitative estimate of drug-likeness (QED) is 0.883. The van der Waals surface area contributed by atoms with Crippen molar-refractivity contribution in [3.63, 3.8) is 0 Å². The van der Waals surface area contributed by atoms with E-state index in [1.165, 1.54) is 48.0 Å². The molecule has 0 aromatic carbocycles. The normalized spacial score (nSPS) is 32.2. The first-order valence-corrected chi connectivity index (χ1v) is 8.70. The van der Waals surface area contributed by atoms with Crippen LogP contribution in [-0.2, 0) is 6.54 Å². The third-order valence-corrected chi connectivity index (χ3v) is 6.33. The number of hydrogen-bond acceptors (Lipinski definition) is 3. The lowest BCUT2D eigenvalue weighted by atomic mass is 9.93. The van der Waals surface area contributed by atoms with Gasteiger partial charge >= 0.3 is 0 Å². The summed E-state index contributed by atoms with van der Waals surface area (Å²) in [7, 11) is 0. The van der Waals surface area contributed by atoms with Crippen molar-refractivity contribution in [2.24, 2.45) is 5.92 Å². The van der Waals surface area contributed by atoms with E-state index >= 15 is 0 Å². The van der Waals surface area contributed by atoms with Gasteiger partial charge in [0.1, 0.15) is 0 Å². The molecule has 1 aromatic heterocycles. The molecule has 1 aliphatic carbocycles. The number of rotatable bonds is 4. The zero-order chi connectivity index (χ0) is 12.4. The van der Waals surface area contributed by atoms with Crippen LogP contribution >= 0.6 is 27.3 Å². The molecule has 1 saturated heterocycles. The lowest BCUT2D eigenvalue weighted by molar-refractivity contribution is 0.320. The van der Waals surface area contributed by atoms with E-state index in [4.69, 9.17) is 0 Å². The van der Waals surface area contributed by atoms with Gasteiger partial charge in [0.2, 0.25) is 0 Å². The molecule has 1 aliphatic heterocycles. The number of halogens is 1. The molecule has 18 heavy (non-hydrogen) atoms. The van der Waals surface area contributed by atoms with Gasteiger partial charge in [0.05, 0.1) is 0 Å². The highest BCUT2D eigenvalue weighted by Gasteiger charge is 2.34. The van der Waals surface area contributed by atoms with Crippen molar-refractivity contribution in [1.82, 2.24) is 10.6 Å². The van der Waals surface area contributed by atoms with Gasteiger partial charge in [-0.3, -0.25) is 0 Å². The molecule has 0 spiro atoms. The topological polar surface area (TPSA) is 24.1 Å². The molecule has 4 heteroatoms. The van der Waals surface area contributed by atoms with Crippen LogP contribution in [0.2, 0.25) is 0 Å².